The zero-order valence-electron chi connectivity index (χ0n) is 18.8. The Morgan fingerprint density at radius 1 is 1.06 bits per heavy atom. The summed E-state index contributed by atoms with van der Waals surface area (Å²) >= 11 is 1.51. The van der Waals surface area contributed by atoms with Crippen LogP contribution in [0.5, 0.6) is 0 Å². The third kappa shape index (κ3) is 4.35. The Balaban J connectivity index is 1.39. The van der Waals surface area contributed by atoms with Crippen LogP contribution >= 0.6 is 11.8 Å². The molecule has 3 heterocycles. The van der Waals surface area contributed by atoms with Crippen molar-refractivity contribution in [1.82, 2.24) is 14.8 Å². The van der Waals surface area contributed by atoms with Crippen molar-refractivity contribution in [2.24, 2.45) is 0 Å². The fourth-order valence-electron chi connectivity index (χ4n) is 4.64. The van der Waals surface area contributed by atoms with Crippen LogP contribution in [0.3, 0.4) is 0 Å². The molecule has 6 rings (SSSR count). The van der Waals surface area contributed by atoms with Gasteiger partial charge in [0.15, 0.2) is 11.0 Å². The van der Waals surface area contributed by atoms with Gasteiger partial charge >= 0.3 is 5.63 Å². The summed E-state index contributed by atoms with van der Waals surface area (Å²) in [4.78, 5) is 12.3. The van der Waals surface area contributed by atoms with Crippen molar-refractivity contribution in [2.45, 2.75) is 36.4 Å². The van der Waals surface area contributed by atoms with Crippen LogP contribution < -0.4 is 5.63 Å². The molecule has 35 heavy (non-hydrogen) atoms. The van der Waals surface area contributed by atoms with E-state index in [2.05, 4.69) is 10.2 Å². The summed E-state index contributed by atoms with van der Waals surface area (Å²) in [6, 6.07) is 19.7. The Morgan fingerprint density at radius 3 is 2.74 bits per heavy atom. The highest BCUT2D eigenvalue weighted by atomic mass is 32.2. The minimum absolute atomic E-state index is 0.0816. The molecule has 1 unspecified atom stereocenters. The zero-order valence-corrected chi connectivity index (χ0v) is 19.6. The smallest absolute Gasteiger partial charge is 0.336 e. The largest absolute Gasteiger partial charge is 0.423 e. The molecule has 8 heteroatoms. The van der Waals surface area contributed by atoms with Gasteiger partial charge in [-0.15, -0.1) is 10.2 Å². The van der Waals surface area contributed by atoms with Gasteiger partial charge in [0.1, 0.15) is 11.4 Å². The number of hydrogen-bond acceptors (Lipinski definition) is 6. The maximum atomic E-state index is 13.5. The van der Waals surface area contributed by atoms with E-state index in [-0.39, 0.29) is 17.5 Å². The lowest BCUT2D eigenvalue weighted by atomic mass is 10.0. The Bertz CT molecular complexity index is 1570. The van der Waals surface area contributed by atoms with Gasteiger partial charge in [0.2, 0.25) is 0 Å². The molecule has 6 nitrogen and oxygen atoms in total. The molecule has 1 fully saturated rings. The number of fused-ring (bicyclic) bond motifs is 3. The number of nitrogens with zero attached hydrogens (tertiary/aromatic N) is 3. The number of ether oxygens (including phenoxy) is 1. The lowest BCUT2D eigenvalue weighted by Crippen LogP contribution is -2.16. The normalized spacial score (nSPS) is 15.9. The van der Waals surface area contributed by atoms with Crippen LogP contribution in [-0.2, 0) is 17.0 Å². The summed E-state index contributed by atoms with van der Waals surface area (Å²) in [7, 11) is 0. The first-order chi connectivity index (χ1) is 17.2. The summed E-state index contributed by atoms with van der Waals surface area (Å²) in [5.74, 6) is 0.893. The van der Waals surface area contributed by atoms with Crippen LogP contribution in [0.4, 0.5) is 4.39 Å². The average Bonchev–Trinajstić information content (AvgIpc) is 3.53. The average molecular weight is 488 g/mol. The Hall–Kier alpha value is -3.49. The van der Waals surface area contributed by atoms with Crippen LogP contribution in [0.25, 0.3) is 33.1 Å². The van der Waals surface area contributed by atoms with Crippen molar-refractivity contribution < 1.29 is 13.5 Å². The van der Waals surface area contributed by atoms with Crippen LogP contribution in [0.15, 0.2) is 81.1 Å². The number of hydrogen-bond donors (Lipinski definition) is 0. The highest BCUT2D eigenvalue weighted by molar-refractivity contribution is 7.98. The second kappa shape index (κ2) is 9.28. The third-order valence-electron chi connectivity index (χ3n) is 6.30. The fourth-order valence-corrected chi connectivity index (χ4v) is 5.57. The summed E-state index contributed by atoms with van der Waals surface area (Å²) in [5.41, 5.74) is 1.87. The van der Waals surface area contributed by atoms with Gasteiger partial charge < -0.3 is 9.15 Å². The summed E-state index contributed by atoms with van der Waals surface area (Å²) < 4.78 is 26.9. The summed E-state index contributed by atoms with van der Waals surface area (Å²) in [6.07, 6.45) is 2.08. The van der Waals surface area contributed by atoms with Gasteiger partial charge in [-0.1, -0.05) is 42.1 Å². The maximum absolute atomic E-state index is 13.5. The number of rotatable bonds is 6. The van der Waals surface area contributed by atoms with E-state index in [4.69, 9.17) is 9.15 Å². The van der Waals surface area contributed by atoms with E-state index >= 15 is 0 Å². The van der Waals surface area contributed by atoms with Crippen LogP contribution in [0.2, 0.25) is 0 Å². The molecular formula is C27H22FN3O3S. The van der Waals surface area contributed by atoms with Gasteiger partial charge in [-0.05, 0) is 59.5 Å². The zero-order chi connectivity index (χ0) is 23.8. The minimum atomic E-state index is -0.379. The van der Waals surface area contributed by atoms with Gasteiger partial charge in [0.05, 0.1) is 12.6 Å². The molecule has 0 aliphatic carbocycles. The molecule has 0 amide bonds. The topological polar surface area (TPSA) is 70.2 Å². The van der Waals surface area contributed by atoms with E-state index in [1.54, 1.807) is 18.2 Å². The van der Waals surface area contributed by atoms with Gasteiger partial charge in [-0.25, -0.2) is 9.18 Å². The standard InChI is InChI=1S/C27H22FN3O3S/c28-20-10-7-18(8-11-20)26-29-30-27(31(26)15-21-5-3-13-33-21)35-16-19-14-24(32)34-23-12-9-17-4-1-2-6-22(17)25(19)23/h1-2,4,6-12,14,21H,3,5,13,15-16H2. The minimum Gasteiger partial charge on any atom is -0.423 e. The molecule has 0 spiro atoms. The molecule has 0 N–H and O–H groups in total. The summed E-state index contributed by atoms with van der Waals surface area (Å²) in [6.45, 7) is 1.36. The number of halogens is 1. The second-order valence-electron chi connectivity index (χ2n) is 8.60. The molecule has 2 aromatic heterocycles. The first-order valence-corrected chi connectivity index (χ1v) is 12.5. The molecule has 1 aliphatic heterocycles. The SMILES string of the molecule is O=c1cc(CSc2nnc(-c3ccc(F)cc3)n2CC2CCCO2)c2c(ccc3ccccc32)o1. The van der Waals surface area contributed by atoms with Crippen molar-refractivity contribution in [3.63, 3.8) is 0 Å². The maximum Gasteiger partial charge on any atom is 0.336 e. The molecule has 5 aromatic rings. The second-order valence-corrected chi connectivity index (χ2v) is 9.54. The molecule has 0 bridgehead atoms. The highest BCUT2D eigenvalue weighted by Crippen LogP contribution is 2.33. The lowest BCUT2D eigenvalue weighted by molar-refractivity contribution is 0.0953. The predicted octanol–water partition coefficient (Wildman–Crippen LogP) is 5.82. The van der Waals surface area contributed by atoms with Crippen molar-refractivity contribution >= 4 is 33.5 Å². The fraction of sp³-hybridized carbons (Fsp3) is 0.222. The van der Waals surface area contributed by atoms with Crippen molar-refractivity contribution in [3.05, 3.63) is 88.5 Å². The van der Waals surface area contributed by atoms with E-state index in [0.29, 0.717) is 23.7 Å². The molecular weight excluding hydrogens is 465 g/mol. The van der Waals surface area contributed by atoms with E-state index in [1.807, 2.05) is 41.0 Å². The number of thioether (sulfide) groups is 1. The molecule has 1 atom stereocenters. The van der Waals surface area contributed by atoms with Gasteiger partial charge in [-0.2, -0.15) is 0 Å². The molecule has 3 aromatic carbocycles. The van der Waals surface area contributed by atoms with Gasteiger partial charge in [-0.3, -0.25) is 4.57 Å². The van der Waals surface area contributed by atoms with E-state index < -0.39 is 0 Å². The number of benzene rings is 3. The molecule has 176 valence electrons. The van der Waals surface area contributed by atoms with Crippen molar-refractivity contribution in [1.29, 1.82) is 0 Å². The van der Waals surface area contributed by atoms with Crippen LogP contribution in [0.1, 0.15) is 18.4 Å². The first-order valence-electron chi connectivity index (χ1n) is 11.5. The molecule has 0 radical (unpaired) electrons. The monoisotopic (exact) mass is 487 g/mol. The summed E-state index contributed by atoms with van der Waals surface area (Å²) in [5, 5.41) is 12.7. The van der Waals surface area contributed by atoms with E-state index in [9.17, 15) is 9.18 Å². The Morgan fingerprint density at radius 2 is 1.91 bits per heavy atom. The van der Waals surface area contributed by atoms with Gasteiger partial charge in [0.25, 0.3) is 0 Å². The van der Waals surface area contributed by atoms with Gasteiger partial charge in [0, 0.05) is 29.4 Å². The molecule has 1 saturated heterocycles. The molecule has 1 aliphatic rings. The highest BCUT2D eigenvalue weighted by Gasteiger charge is 2.22. The van der Waals surface area contributed by atoms with Crippen LogP contribution in [-0.4, -0.2) is 27.5 Å². The quantitative estimate of drug-likeness (QED) is 0.171. The van der Waals surface area contributed by atoms with E-state index in [0.717, 1.165) is 51.9 Å². The first kappa shape index (κ1) is 22.0. The van der Waals surface area contributed by atoms with Crippen molar-refractivity contribution in [2.75, 3.05) is 6.61 Å². The van der Waals surface area contributed by atoms with Crippen molar-refractivity contribution in [3.8, 4) is 11.4 Å². The lowest BCUT2D eigenvalue weighted by Gasteiger charge is -2.15. The molecule has 0 saturated carbocycles. The predicted molar refractivity (Wildman–Crippen MR) is 134 cm³/mol. The van der Waals surface area contributed by atoms with E-state index in [1.165, 1.54) is 23.9 Å². The third-order valence-corrected chi connectivity index (χ3v) is 7.32. The van der Waals surface area contributed by atoms with Crippen LogP contribution in [0, 0.1) is 5.82 Å². The Kier molecular flexibility index (Phi) is 5.83. The number of aromatic nitrogens is 3. The Labute approximate surface area is 204 Å².